The molecule has 106 valence electrons. The van der Waals surface area contributed by atoms with Crippen molar-refractivity contribution in [2.75, 3.05) is 5.32 Å². The summed E-state index contributed by atoms with van der Waals surface area (Å²) in [5.41, 5.74) is 2.66. The number of nitrogens with one attached hydrogen (secondary N) is 2. The van der Waals surface area contributed by atoms with Gasteiger partial charge in [-0.25, -0.2) is 4.98 Å². The highest BCUT2D eigenvalue weighted by molar-refractivity contribution is 5.73. The summed E-state index contributed by atoms with van der Waals surface area (Å²) >= 11 is 0. The minimum atomic E-state index is 0.452. The second kappa shape index (κ2) is 4.93. The Balaban J connectivity index is 1.84. The maximum Gasteiger partial charge on any atom is 0.183 e. The van der Waals surface area contributed by atoms with E-state index in [0.29, 0.717) is 11.5 Å². The molecule has 1 aromatic carbocycles. The Kier molecular flexibility index (Phi) is 3.24. The van der Waals surface area contributed by atoms with Crippen LogP contribution in [0.1, 0.15) is 38.9 Å². The molecule has 1 aliphatic rings. The maximum atomic E-state index is 4.44. The Morgan fingerprint density at radius 3 is 2.75 bits per heavy atom. The summed E-state index contributed by atoms with van der Waals surface area (Å²) in [5, 5.41) is 10.9. The number of para-hydroxylation sites is 1. The van der Waals surface area contributed by atoms with Crippen LogP contribution in [-0.2, 0) is 0 Å². The molecule has 1 saturated carbocycles. The third-order valence-corrected chi connectivity index (χ3v) is 4.09. The molecule has 0 saturated heterocycles. The highest BCUT2D eigenvalue weighted by Gasteiger charge is 2.31. The minimum absolute atomic E-state index is 0.452. The van der Waals surface area contributed by atoms with E-state index in [1.54, 1.807) is 0 Å². The molecule has 1 aromatic heterocycles. The Morgan fingerprint density at radius 1 is 1.30 bits per heavy atom. The summed E-state index contributed by atoms with van der Waals surface area (Å²) in [4.78, 5) is 4.44. The van der Waals surface area contributed by atoms with Gasteiger partial charge in [-0.3, -0.25) is 5.10 Å². The van der Waals surface area contributed by atoms with Gasteiger partial charge in [0, 0.05) is 17.3 Å². The molecule has 1 atom stereocenters. The fraction of sp³-hybridized carbons (Fsp3) is 0.500. The number of aromatic nitrogens is 3. The highest BCUT2D eigenvalue weighted by Crippen LogP contribution is 2.39. The van der Waals surface area contributed by atoms with Crippen molar-refractivity contribution in [3.05, 3.63) is 30.1 Å². The number of hydrogen-bond donors (Lipinski definition) is 2. The number of rotatable bonds is 3. The first-order valence-corrected chi connectivity index (χ1v) is 7.28. The number of nitrogens with zero attached hydrogens (tertiary/aromatic N) is 2. The van der Waals surface area contributed by atoms with Gasteiger partial charge < -0.3 is 5.32 Å². The van der Waals surface area contributed by atoms with Gasteiger partial charge in [0.15, 0.2) is 5.82 Å². The average molecular weight is 270 g/mol. The first kappa shape index (κ1) is 13.2. The summed E-state index contributed by atoms with van der Waals surface area (Å²) in [6.07, 6.45) is 3.73. The fourth-order valence-corrected chi connectivity index (χ4v) is 3.05. The predicted molar refractivity (Wildman–Crippen MR) is 81.6 cm³/mol. The number of hydrogen-bond acceptors (Lipinski definition) is 3. The number of anilines is 1. The van der Waals surface area contributed by atoms with Crippen molar-refractivity contribution in [1.29, 1.82) is 0 Å². The van der Waals surface area contributed by atoms with Gasteiger partial charge in [0.25, 0.3) is 0 Å². The van der Waals surface area contributed by atoms with Gasteiger partial charge >= 0.3 is 0 Å². The van der Waals surface area contributed by atoms with Gasteiger partial charge in [0.1, 0.15) is 5.82 Å². The van der Waals surface area contributed by atoms with Gasteiger partial charge in [0.2, 0.25) is 0 Å². The normalized spacial score (nSPS) is 21.1. The molecular weight excluding hydrogens is 248 g/mol. The predicted octanol–water partition coefficient (Wildman–Crippen LogP) is 3.77. The Hall–Kier alpha value is -1.84. The second-order valence-electron chi connectivity index (χ2n) is 6.54. The van der Waals surface area contributed by atoms with E-state index in [1.165, 1.54) is 19.3 Å². The van der Waals surface area contributed by atoms with Crippen LogP contribution < -0.4 is 5.32 Å². The van der Waals surface area contributed by atoms with E-state index in [1.807, 2.05) is 13.0 Å². The van der Waals surface area contributed by atoms with Gasteiger partial charge in [-0.15, -0.1) is 0 Å². The van der Waals surface area contributed by atoms with Crippen LogP contribution in [0.15, 0.2) is 24.3 Å². The summed E-state index contributed by atoms with van der Waals surface area (Å²) < 4.78 is 0. The van der Waals surface area contributed by atoms with Crippen molar-refractivity contribution in [2.24, 2.45) is 5.41 Å². The van der Waals surface area contributed by atoms with E-state index >= 15 is 0 Å². The largest absolute Gasteiger partial charge is 0.382 e. The van der Waals surface area contributed by atoms with Crippen LogP contribution in [0.25, 0.3) is 11.4 Å². The standard InChI is InChI=1S/C16H22N4/c1-11-17-15(20-19-11)13-6-4-5-7-14(13)18-12-8-9-16(2,3)10-12/h4-7,12,18H,8-10H2,1-3H3,(H,17,19,20). The SMILES string of the molecule is Cc1nc(-c2ccccc2NC2CCC(C)(C)C2)n[nH]1. The zero-order valence-corrected chi connectivity index (χ0v) is 12.4. The quantitative estimate of drug-likeness (QED) is 0.892. The Morgan fingerprint density at radius 2 is 2.10 bits per heavy atom. The third kappa shape index (κ3) is 2.69. The topological polar surface area (TPSA) is 53.6 Å². The van der Waals surface area contributed by atoms with Crippen molar-refractivity contribution in [3.63, 3.8) is 0 Å². The lowest BCUT2D eigenvalue weighted by Gasteiger charge is -2.19. The number of aryl methyl sites for hydroxylation is 1. The second-order valence-corrected chi connectivity index (χ2v) is 6.54. The lowest BCUT2D eigenvalue weighted by Crippen LogP contribution is -2.18. The van der Waals surface area contributed by atoms with Crippen LogP contribution >= 0.6 is 0 Å². The van der Waals surface area contributed by atoms with Crippen LogP contribution in [-0.4, -0.2) is 21.2 Å². The summed E-state index contributed by atoms with van der Waals surface area (Å²) in [6, 6.07) is 8.83. The number of aromatic amines is 1. The van der Waals surface area contributed by atoms with Gasteiger partial charge in [0.05, 0.1) is 0 Å². The van der Waals surface area contributed by atoms with Gasteiger partial charge in [-0.2, -0.15) is 5.10 Å². The molecular formula is C16H22N4. The molecule has 0 radical (unpaired) electrons. The van der Waals surface area contributed by atoms with E-state index in [0.717, 1.165) is 22.9 Å². The average Bonchev–Trinajstić information content (AvgIpc) is 2.96. The van der Waals surface area contributed by atoms with Gasteiger partial charge in [-0.1, -0.05) is 26.0 Å². The van der Waals surface area contributed by atoms with Crippen molar-refractivity contribution in [2.45, 2.75) is 46.1 Å². The molecule has 20 heavy (non-hydrogen) atoms. The molecule has 3 rings (SSSR count). The van der Waals surface area contributed by atoms with Crippen LogP contribution in [0.2, 0.25) is 0 Å². The van der Waals surface area contributed by atoms with E-state index < -0.39 is 0 Å². The molecule has 0 bridgehead atoms. The third-order valence-electron chi connectivity index (χ3n) is 4.09. The van der Waals surface area contributed by atoms with Crippen LogP contribution in [0.4, 0.5) is 5.69 Å². The molecule has 1 unspecified atom stereocenters. The van der Waals surface area contributed by atoms with Crippen molar-refractivity contribution < 1.29 is 0 Å². The summed E-state index contributed by atoms with van der Waals surface area (Å²) in [7, 11) is 0. The zero-order chi connectivity index (χ0) is 14.2. The highest BCUT2D eigenvalue weighted by atomic mass is 15.2. The minimum Gasteiger partial charge on any atom is -0.382 e. The first-order chi connectivity index (χ1) is 9.53. The van der Waals surface area contributed by atoms with Crippen molar-refractivity contribution in [3.8, 4) is 11.4 Å². The van der Waals surface area contributed by atoms with E-state index in [9.17, 15) is 0 Å². The molecule has 1 fully saturated rings. The lowest BCUT2D eigenvalue weighted by atomic mass is 9.92. The van der Waals surface area contributed by atoms with E-state index in [2.05, 4.69) is 52.5 Å². The molecule has 2 N–H and O–H groups in total. The summed E-state index contributed by atoms with van der Waals surface area (Å²) in [6.45, 7) is 6.62. The number of benzene rings is 1. The monoisotopic (exact) mass is 270 g/mol. The molecule has 0 spiro atoms. The molecule has 0 aliphatic heterocycles. The van der Waals surface area contributed by atoms with Crippen molar-refractivity contribution >= 4 is 5.69 Å². The first-order valence-electron chi connectivity index (χ1n) is 7.28. The van der Waals surface area contributed by atoms with E-state index in [-0.39, 0.29) is 0 Å². The number of H-pyrrole nitrogens is 1. The van der Waals surface area contributed by atoms with Gasteiger partial charge in [-0.05, 0) is 43.7 Å². The van der Waals surface area contributed by atoms with E-state index in [4.69, 9.17) is 0 Å². The molecule has 1 aliphatic carbocycles. The van der Waals surface area contributed by atoms with Crippen LogP contribution in [0.5, 0.6) is 0 Å². The Bertz CT molecular complexity index is 600. The smallest absolute Gasteiger partial charge is 0.183 e. The van der Waals surface area contributed by atoms with Crippen molar-refractivity contribution in [1.82, 2.24) is 15.2 Å². The molecule has 1 heterocycles. The molecule has 4 nitrogen and oxygen atoms in total. The maximum absolute atomic E-state index is 4.44. The fourth-order valence-electron chi connectivity index (χ4n) is 3.05. The zero-order valence-electron chi connectivity index (χ0n) is 12.4. The van der Waals surface area contributed by atoms with Crippen LogP contribution in [0, 0.1) is 12.3 Å². The molecule has 4 heteroatoms. The molecule has 0 amide bonds. The Labute approximate surface area is 120 Å². The lowest BCUT2D eigenvalue weighted by molar-refractivity contribution is 0.378. The van der Waals surface area contributed by atoms with Crippen LogP contribution in [0.3, 0.4) is 0 Å². The summed E-state index contributed by atoms with van der Waals surface area (Å²) in [5.74, 6) is 1.61. The molecule has 2 aromatic rings.